The van der Waals surface area contributed by atoms with Crippen LogP contribution in [0.15, 0.2) is 54.6 Å². The van der Waals surface area contributed by atoms with Crippen LogP contribution in [-0.4, -0.2) is 4.98 Å². The molecule has 0 unspecified atom stereocenters. The summed E-state index contributed by atoms with van der Waals surface area (Å²) in [6, 6.07) is 14.6. The van der Waals surface area contributed by atoms with Gasteiger partial charge in [-0.05, 0) is 42.3 Å². The molecule has 0 amide bonds. The highest BCUT2D eigenvalue weighted by Crippen LogP contribution is 2.30. The second-order valence-electron chi connectivity index (χ2n) is 5.50. The number of ether oxygens (including phenoxy) is 1. The molecule has 1 aromatic heterocycles. The Morgan fingerprint density at radius 3 is 2.54 bits per heavy atom. The highest BCUT2D eigenvalue weighted by atomic mass is 19.4. The zero-order valence-electron chi connectivity index (χ0n) is 13.1. The smallest absolute Gasteiger partial charge is 0.416 e. The number of aryl methyl sites for hydroxylation is 1. The van der Waals surface area contributed by atoms with Gasteiger partial charge in [-0.25, -0.2) is 0 Å². The lowest BCUT2D eigenvalue weighted by molar-refractivity contribution is -0.137. The molecule has 3 rings (SSSR count). The number of aromatic nitrogens is 1. The summed E-state index contributed by atoms with van der Waals surface area (Å²) in [7, 11) is 0. The van der Waals surface area contributed by atoms with E-state index in [9.17, 15) is 13.2 Å². The maximum absolute atomic E-state index is 12.7. The van der Waals surface area contributed by atoms with Crippen molar-refractivity contribution in [1.82, 2.24) is 4.98 Å². The van der Waals surface area contributed by atoms with E-state index >= 15 is 0 Å². The summed E-state index contributed by atoms with van der Waals surface area (Å²) < 4.78 is 43.8. The van der Waals surface area contributed by atoms with E-state index in [1.165, 1.54) is 6.07 Å². The minimum atomic E-state index is -4.35. The molecule has 1 heterocycles. The molecule has 0 aliphatic heterocycles. The molecule has 0 N–H and O–H groups in total. The molecule has 124 valence electrons. The van der Waals surface area contributed by atoms with Crippen LogP contribution in [0.25, 0.3) is 10.9 Å². The van der Waals surface area contributed by atoms with Crippen molar-refractivity contribution in [2.75, 3.05) is 0 Å². The van der Waals surface area contributed by atoms with Gasteiger partial charge in [0.2, 0.25) is 0 Å². The van der Waals surface area contributed by atoms with Gasteiger partial charge in [0.15, 0.2) is 0 Å². The summed E-state index contributed by atoms with van der Waals surface area (Å²) in [6.45, 7) is 2.10. The number of hydrogen-bond acceptors (Lipinski definition) is 2. The van der Waals surface area contributed by atoms with E-state index in [-0.39, 0.29) is 6.61 Å². The van der Waals surface area contributed by atoms with Crippen LogP contribution < -0.4 is 4.74 Å². The van der Waals surface area contributed by atoms with Gasteiger partial charge in [-0.2, -0.15) is 13.2 Å². The number of pyridine rings is 1. The molecule has 2 aromatic carbocycles. The highest BCUT2D eigenvalue weighted by molar-refractivity contribution is 5.80. The average molecular weight is 331 g/mol. The number of alkyl halides is 3. The SMILES string of the molecule is CCc1ccc2ccc(OCc3cccc(C(F)(F)F)c3)cc2n1. The fourth-order valence-electron chi connectivity index (χ4n) is 2.43. The normalized spacial score (nSPS) is 11.7. The zero-order valence-corrected chi connectivity index (χ0v) is 13.1. The van der Waals surface area contributed by atoms with Crippen LogP contribution in [0, 0.1) is 0 Å². The monoisotopic (exact) mass is 331 g/mol. The Morgan fingerprint density at radius 2 is 1.79 bits per heavy atom. The second-order valence-corrected chi connectivity index (χ2v) is 5.50. The average Bonchev–Trinajstić information content (AvgIpc) is 2.58. The molecule has 0 aliphatic rings. The third-order valence-electron chi connectivity index (χ3n) is 3.74. The molecule has 0 bridgehead atoms. The van der Waals surface area contributed by atoms with E-state index in [1.807, 2.05) is 31.2 Å². The zero-order chi connectivity index (χ0) is 17.2. The molecule has 0 saturated carbocycles. The summed E-state index contributed by atoms with van der Waals surface area (Å²) in [5.74, 6) is 0.584. The lowest BCUT2D eigenvalue weighted by atomic mass is 10.1. The molecule has 0 radical (unpaired) electrons. The van der Waals surface area contributed by atoms with E-state index in [0.717, 1.165) is 35.2 Å². The minimum absolute atomic E-state index is 0.0723. The lowest BCUT2D eigenvalue weighted by Gasteiger charge is -2.10. The molecular formula is C19H16F3NO. The van der Waals surface area contributed by atoms with Gasteiger partial charge in [0.05, 0.1) is 11.1 Å². The predicted octanol–water partition coefficient (Wildman–Crippen LogP) is 5.40. The van der Waals surface area contributed by atoms with E-state index in [1.54, 1.807) is 12.1 Å². The number of nitrogens with zero attached hydrogens (tertiary/aromatic N) is 1. The summed E-state index contributed by atoms with van der Waals surface area (Å²) in [5, 5.41) is 0.999. The van der Waals surface area contributed by atoms with Crippen molar-refractivity contribution < 1.29 is 17.9 Å². The highest BCUT2D eigenvalue weighted by Gasteiger charge is 2.30. The van der Waals surface area contributed by atoms with Crippen LogP contribution >= 0.6 is 0 Å². The fraction of sp³-hybridized carbons (Fsp3) is 0.211. The largest absolute Gasteiger partial charge is 0.489 e. The van der Waals surface area contributed by atoms with Crippen LogP contribution in [0.4, 0.5) is 13.2 Å². The van der Waals surface area contributed by atoms with Crippen molar-refractivity contribution in [3.8, 4) is 5.75 Å². The number of rotatable bonds is 4. The third-order valence-corrected chi connectivity index (χ3v) is 3.74. The maximum Gasteiger partial charge on any atom is 0.416 e. The molecule has 3 aromatic rings. The van der Waals surface area contributed by atoms with Crippen molar-refractivity contribution in [2.24, 2.45) is 0 Å². The minimum Gasteiger partial charge on any atom is -0.489 e. The van der Waals surface area contributed by atoms with Crippen LogP contribution in [-0.2, 0) is 19.2 Å². The summed E-state index contributed by atoms with van der Waals surface area (Å²) in [5.41, 5.74) is 1.60. The summed E-state index contributed by atoms with van der Waals surface area (Å²) in [4.78, 5) is 4.53. The fourth-order valence-corrected chi connectivity index (χ4v) is 2.43. The number of hydrogen-bond donors (Lipinski definition) is 0. The van der Waals surface area contributed by atoms with Gasteiger partial charge in [0, 0.05) is 17.1 Å². The maximum atomic E-state index is 12.7. The van der Waals surface area contributed by atoms with Crippen molar-refractivity contribution in [2.45, 2.75) is 26.1 Å². The summed E-state index contributed by atoms with van der Waals surface area (Å²) >= 11 is 0. The number of fused-ring (bicyclic) bond motifs is 1. The van der Waals surface area contributed by atoms with Crippen LogP contribution in [0.3, 0.4) is 0 Å². The number of benzene rings is 2. The van der Waals surface area contributed by atoms with Crippen LogP contribution in [0.5, 0.6) is 5.75 Å². The van der Waals surface area contributed by atoms with Gasteiger partial charge in [0.1, 0.15) is 12.4 Å². The molecule has 24 heavy (non-hydrogen) atoms. The molecule has 0 aliphatic carbocycles. The van der Waals surface area contributed by atoms with Gasteiger partial charge in [-0.1, -0.05) is 25.1 Å². The Labute approximate surface area is 137 Å². The third kappa shape index (κ3) is 3.67. The Kier molecular flexibility index (Phi) is 4.42. The lowest BCUT2D eigenvalue weighted by Crippen LogP contribution is -2.06. The first-order chi connectivity index (χ1) is 11.5. The van der Waals surface area contributed by atoms with Crippen LogP contribution in [0.2, 0.25) is 0 Å². The van der Waals surface area contributed by atoms with Crippen molar-refractivity contribution in [1.29, 1.82) is 0 Å². The van der Waals surface area contributed by atoms with Crippen LogP contribution in [0.1, 0.15) is 23.7 Å². The van der Waals surface area contributed by atoms with E-state index in [0.29, 0.717) is 11.3 Å². The van der Waals surface area contributed by atoms with Gasteiger partial charge < -0.3 is 4.74 Å². The van der Waals surface area contributed by atoms with Gasteiger partial charge >= 0.3 is 6.18 Å². The molecule has 0 atom stereocenters. The Morgan fingerprint density at radius 1 is 1.00 bits per heavy atom. The first-order valence-electron chi connectivity index (χ1n) is 7.64. The molecule has 0 spiro atoms. The first-order valence-corrected chi connectivity index (χ1v) is 7.64. The van der Waals surface area contributed by atoms with Gasteiger partial charge in [0.25, 0.3) is 0 Å². The Bertz CT molecular complexity index is 859. The van der Waals surface area contributed by atoms with E-state index in [4.69, 9.17) is 4.74 Å². The van der Waals surface area contributed by atoms with Crippen molar-refractivity contribution >= 4 is 10.9 Å². The van der Waals surface area contributed by atoms with Crippen molar-refractivity contribution in [3.05, 3.63) is 71.4 Å². The number of halogens is 3. The molecule has 5 heteroatoms. The van der Waals surface area contributed by atoms with E-state index in [2.05, 4.69) is 4.98 Å². The van der Waals surface area contributed by atoms with Crippen molar-refractivity contribution in [3.63, 3.8) is 0 Å². The molecule has 0 fully saturated rings. The Balaban J connectivity index is 1.78. The Hall–Kier alpha value is -2.56. The topological polar surface area (TPSA) is 22.1 Å². The molecule has 2 nitrogen and oxygen atoms in total. The predicted molar refractivity (Wildman–Crippen MR) is 86.9 cm³/mol. The molecule has 0 saturated heterocycles. The van der Waals surface area contributed by atoms with Gasteiger partial charge in [-0.15, -0.1) is 0 Å². The standard InChI is InChI=1S/C19H16F3NO/c1-2-16-8-6-14-7-9-17(11-18(14)23-16)24-12-13-4-3-5-15(10-13)19(20,21)22/h3-11H,2,12H2,1H3. The quantitative estimate of drug-likeness (QED) is 0.639. The molecular weight excluding hydrogens is 315 g/mol. The first kappa shape index (κ1) is 16.3. The van der Waals surface area contributed by atoms with Gasteiger partial charge in [-0.3, -0.25) is 4.98 Å². The van der Waals surface area contributed by atoms with E-state index < -0.39 is 11.7 Å². The summed E-state index contributed by atoms with van der Waals surface area (Å²) in [6.07, 6.45) is -3.51. The second kappa shape index (κ2) is 6.51.